The molecule has 1 atom stereocenters. The van der Waals surface area contributed by atoms with Crippen molar-refractivity contribution in [2.24, 2.45) is 0 Å². The van der Waals surface area contributed by atoms with Gasteiger partial charge in [-0.1, -0.05) is 0 Å². The predicted octanol–water partition coefficient (Wildman–Crippen LogP) is 2.69. The highest BCUT2D eigenvalue weighted by molar-refractivity contribution is 5.67. The summed E-state index contributed by atoms with van der Waals surface area (Å²) in [5, 5.41) is 4.97. The Bertz CT molecular complexity index is 381. The Kier molecular flexibility index (Phi) is 6.15. The zero-order valence-electron chi connectivity index (χ0n) is 14.1. The first kappa shape index (κ1) is 19.1. The highest BCUT2D eigenvalue weighted by Crippen LogP contribution is 2.24. The molecular formula is C15H28F2N2O3. The number of carbonyl (C=O) groups is 1. The SMILES string of the molecule is CC(C)(C)OC(=O)NCC(F)(F)CNC1CCOC(C)(C)C1. The van der Waals surface area contributed by atoms with Crippen LogP contribution in [0.15, 0.2) is 0 Å². The molecule has 0 spiro atoms. The topological polar surface area (TPSA) is 59.6 Å². The molecule has 1 fully saturated rings. The average Bonchev–Trinajstić information content (AvgIpc) is 2.31. The maximum atomic E-state index is 13.8. The first-order valence-corrected chi connectivity index (χ1v) is 7.61. The summed E-state index contributed by atoms with van der Waals surface area (Å²) in [5.41, 5.74) is -0.995. The van der Waals surface area contributed by atoms with Crippen LogP contribution in [0.5, 0.6) is 0 Å². The van der Waals surface area contributed by atoms with Crippen LogP contribution >= 0.6 is 0 Å². The van der Waals surface area contributed by atoms with Crippen LogP contribution in [-0.2, 0) is 9.47 Å². The van der Waals surface area contributed by atoms with Crippen molar-refractivity contribution in [3.8, 4) is 0 Å². The van der Waals surface area contributed by atoms with E-state index in [9.17, 15) is 13.6 Å². The van der Waals surface area contributed by atoms with Gasteiger partial charge in [-0.05, 0) is 47.5 Å². The maximum absolute atomic E-state index is 13.8. The fourth-order valence-corrected chi connectivity index (χ4v) is 2.28. The molecule has 2 N–H and O–H groups in total. The Morgan fingerprint density at radius 1 is 1.32 bits per heavy atom. The standard InChI is InChI=1S/C15H28F2N2O3/c1-13(2,3)22-12(20)19-10-15(16,17)9-18-11-6-7-21-14(4,5)8-11/h11,18H,6-10H2,1-5H3,(H,19,20). The molecule has 0 aromatic heterocycles. The van der Waals surface area contributed by atoms with Crippen molar-refractivity contribution in [3.63, 3.8) is 0 Å². The summed E-state index contributed by atoms with van der Waals surface area (Å²) in [6.45, 7) is 8.26. The molecule has 1 unspecified atom stereocenters. The summed E-state index contributed by atoms with van der Waals surface area (Å²) in [7, 11) is 0. The van der Waals surface area contributed by atoms with Gasteiger partial charge in [0.15, 0.2) is 0 Å². The van der Waals surface area contributed by atoms with Crippen LogP contribution in [0.4, 0.5) is 13.6 Å². The molecule has 0 bridgehead atoms. The Morgan fingerprint density at radius 2 is 1.95 bits per heavy atom. The van der Waals surface area contributed by atoms with E-state index in [1.54, 1.807) is 20.8 Å². The summed E-state index contributed by atoms with van der Waals surface area (Å²) in [5.74, 6) is -3.03. The Labute approximate surface area is 131 Å². The van der Waals surface area contributed by atoms with E-state index in [1.165, 1.54) is 0 Å². The molecule has 22 heavy (non-hydrogen) atoms. The van der Waals surface area contributed by atoms with Gasteiger partial charge in [-0.2, -0.15) is 0 Å². The van der Waals surface area contributed by atoms with Gasteiger partial charge in [-0.25, -0.2) is 13.6 Å². The van der Waals surface area contributed by atoms with Crippen LogP contribution in [0.25, 0.3) is 0 Å². The normalized spacial score (nSPS) is 22.2. The number of nitrogens with one attached hydrogen (secondary N) is 2. The van der Waals surface area contributed by atoms with E-state index < -0.39 is 30.7 Å². The zero-order valence-corrected chi connectivity index (χ0v) is 14.1. The molecule has 1 amide bonds. The van der Waals surface area contributed by atoms with E-state index in [4.69, 9.17) is 9.47 Å². The van der Waals surface area contributed by atoms with Crippen LogP contribution < -0.4 is 10.6 Å². The second-order valence-corrected chi connectivity index (χ2v) is 7.39. The molecule has 5 nitrogen and oxygen atoms in total. The Morgan fingerprint density at radius 3 is 2.50 bits per heavy atom. The Hall–Kier alpha value is -0.950. The van der Waals surface area contributed by atoms with Gasteiger partial charge < -0.3 is 20.1 Å². The molecule has 0 aromatic carbocycles. The number of carbonyl (C=O) groups excluding carboxylic acids is 1. The number of hydrogen-bond donors (Lipinski definition) is 2. The second kappa shape index (κ2) is 7.08. The lowest BCUT2D eigenvalue weighted by Gasteiger charge is -2.36. The van der Waals surface area contributed by atoms with Crippen LogP contribution in [0.3, 0.4) is 0 Å². The number of amides is 1. The molecule has 1 saturated heterocycles. The molecule has 1 aliphatic heterocycles. The van der Waals surface area contributed by atoms with Crippen molar-refractivity contribution in [3.05, 3.63) is 0 Å². The monoisotopic (exact) mass is 322 g/mol. The Balaban J connectivity index is 2.33. The minimum Gasteiger partial charge on any atom is -0.444 e. The molecule has 1 aliphatic rings. The zero-order chi connectivity index (χ0) is 17.0. The van der Waals surface area contributed by atoms with Crippen LogP contribution in [0.2, 0.25) is 0 Å². The summed E-state index contributed by atoms with van der Waals surface area (Å²) < 4.78 is 38.1. The fourth-order valence-electron chi connectivity index (χ4n) is 2.28. The molecule has 130 valence electrons. The van der Waals surface area contributed by atoms with Crippen LogP contribution in [0, 0.1) is 0 Å². The quantitative estimate of drug-likeness (QED) is 0.817. The molecular weight excluding hydrogens is 294 g/mol. The smallest absolute Gasteiger partial charge is 0.407 e. The third-order valence-electron chi connectivity index (χ3n) is 3.24. The molecule has 0 radical (unpaired) electrons. The maximum Gasteiger partial charge on any atom is 0.407 e. The number of hydrogen-bond acceptors (Lipinski definition) is 4. The van der Waals surface area contributed by atoms with E-state index in [1.807, 2.05) is 13.8 Å². The van der Waals surface area contributed by atoms with Gasteiger partial charge in [0.05, 0.1) is 18.7 Å². The van der Waals surface area contributed by atoms with Crippen molar-refractivity contribution < 1.29 is 23.0 Å². The van der Waals surface area contributed by atoms with Crippen LogP contribution in [0.1, 0.15) is 47.5 Å². The number of ether oxygens (including phenoxy) is 2. The lowest BCUT2D eigenvalue weighted by molar-refractivity contribution is -0.0687. The van der Waals surface area contributed by atoms with E-state index in [-0.39, 0.29) is 11.6 Å². The fraction of sp³-hybridized carbons (Fsp3) is 0.933. The highest BCUT2D eigenvalue weighted by Gasteiger charge is 2.34. The van der Waals surface area contributed by atoms with Gasteiger partial charge in [-0.3, -0.25) is 0 Å². The molecule has 1 rings (SSSR count). The number of halogens is 2. The molecule has 1 heterocycles. The summed E-state index contributed by atoms with van der Waals surface area (Å²) in [6, 6.07) is -0.00356. The van der Waals surface area contributed by atoms with Crippen molar-refractivity contribution in [2.45, 2.75) is 70.6 Å². The summed E-state index contributed by atoms with van der Waals surface area (Å²) in [4.78, 5) is 11.4. The minimum atomic E-state index is -3.03. The highest BCUT2D eigenvalue weighted by atomic mass is 19.3. The molecule has 0 aromatic rings. The largest absolute Gasteiger partial charge is 0.444 e. The van der Waals surface area contributed by atoms with Gasteiger partial charge in [0.1, 0.15) is 5.60 Å². The number of alkyl halides is 2. The van der Waals surface area contributed by atoms with E-state index in [0.29, 0.717) is 19.4 Å². The van der Waals surface area contributed by atoms with E-state index >= 15 is 0 Å². The lowest BCUT2D eigenvalue weighted by atomic mass is 9.94. The van der Waals surface area contributed by atoms with Crippen molar-refractivity contribution >= 4 is 6.09 Å². The third-order valence-corrected chi connectivity index (χ3v) is 3.24. The molecule has 0 saturated carbocycles. The number of rotatable bonds is 5. The van der Waals surface area contributed by atoms with E-state index in [2.05, 4.69) is 10.6 Å². The van der Waals surface area contributed by atoms with Gasteiger partial charge in [-0.15, -0.1) is 0 Å². The number of alkyl carbamates (subject to hydrolysis) is 1. The minimum absolute atomic E-state index is 0.00356. The van der Waals surface area contributed by atoms with Gasteiger partial charge in [0, 0.05) is 12.6 Å². The predicted molar refractivity (Wildman–Crippen MR) is 80.2 cm³/mol. The first-order chi connectivity index (χ1) is 9.89. The summed E-state index contributed by atoms with van der Waals surface area (Å²) >= 11 is 0. The van der Waals surface area contributed by atoms with Gasteiger partial charge in [0.25, 0.3) is 5.92 Å². The molecule has 7 heteroatoms. The van der Waals surface area contributed by atoms with Crippen molar-refractivity contribution in [2.75, 3.05) is 19.7 Å². The second-order valence-electron chi connectivity index (χ2n) is 7.39. The van der Waals surface area contributed by atoms with Gasteiger partial charge in [0.2, 0.25) is 0 Å². The first-order valence-electron chi connectivity index (χ1n) is 7.61. The molecule has 0 aliphatic carbocycles. The van der Waals surface area contributed by atoms with Crippen molar-refractivity contribution in [1.82, 2.24) is 10.6 Å². The van der Waals surface area contributed by atoms with Crippen LogP contribution in [-0.4, -0.2) is 49.0 Å². The van der Waals surface area contributed by atoms with Crippen molar-refractivity contribution in [1.29, 1.82) is 0 Å². The van der Waals surface area contributed by atoms with E-state index in [0.717, 1.165) is 0 Å². The third kappa shape index (κ3) is 7.89. The summed E-state index contributed by atoms with van der Waals surface area (Å²) in [6.07, 6.45) is 0.557. The lowest BCUT2D eigenvalue weighted by Crippen LogP contribution is -2.50. The van der Waals surface area contributed by atoms with Gasteiger partial charge >= 0.3 is 6.09 Å². The average molecular weight is 322 g/mol.